The highest BCUT2D eigenvalue weighted by Crippen LogP contribution is 2.42. The van der Waals surface area contributed by atoms with E-state index < -0.39 is 6.10 Å². The number of aliphatic hydroxyl groups excluding tert-OH is 1. The molecule has 0 heterocycles. The zero-order chi connectivity index (χ0) is 14.6. The molecule has 2 rings (SSSR count). The highest BCUT2D eigenvalue weighted by atomic mass is 16.5. The largest absolute Gasteiger partial charge is 0.389 e. The van der Waals surface area contributed by atoms with Gasteiger partial charge in [-0.25, -0.2) is 0 Å². The molecule has 2 aliphatic rings. The molecule has 20 heavy (non-hydrogen) atoms. The maximum absolute atomic E-state index is 10.00. The molecule has 2 N–H and O–H groups in total. The highest BCUT2D eigenvalue weighted by molar-refractivity contribution is 5.02. The van der Waals surface area contributed by atoms with E-state index in [9.17, 15) is 5.11 Å². The van der Waals surface area contributed by atoms with Crippen molar-refractivity contribution in [1.82, 2.24) is 5.32 Å². The minimum absolute atomic E-state index is 0.155. The van der Waals surface area contributed by atoms with Crippen molar-refractivity contribution < 1.29 is 14.6 Å². The molecule has 0 aliphatic heterocycles. The molecule has 3 atom stereocenters. The van der Waals surface area contributed by atoms with Crippen molar-refractivity contribution in [3.8, 4) is 0 Å². The Hall–Kier alpha value is -0.160. The van der Waals surface area contributed by atoms with Gasteiger partial charge in [0.15, 0.2) is 0 Å². The molecule has 0 aromatic heterocycles. The van der Waals surface area contributed by atoms with E-state index in [-0.39, 0.29) is 5.41 Å². The fourth-order valence-electron chi connectivity index (χ4n) is 3.36. The number of ether oxygens (including phenoxy) is 2. The number of hydrogen-bond donors (Lipinski definition) is 2. The van der Waals surface area contributed by atoms with Crippen LogP contribution in [0, 0.1) is 5.41 Å². The van der Waals surface area contributed by atoms with Gasteiger partial charge in [-0.1, -0.05) is 26.7 Å². The first-order chi connectivity index (χ1) is 9.54. The Labute approximate surface area is 123 Å². The molecule has 0 spiro atoms. The third kappa shape index (κ3) is 3.94. The van der Waals surface area contributed by atoms with E-state index in [0.29, 0.717) is 31.4 Å². The predicted octanol–water partition coefficient (Wildman–Crippen LogP) is 2.10. The van der Waals surface area contributed by atoms with Crippen molar-refractivity contribution in [2.45, 2.75) is 77.2 Å². The Morgan fingerprint density at radius 1 is 1.25 bits per heavy atom. The summed E-state index contributed by atoms with van der Waals surface area (Å²) in [5.41, 5.74) is 0.155. The van der Waals surface area contributed by atoms with Crippen LogP contribution in [0.4, 0.5) is 0 Å². The van der Waals surface area contributed by atoms with Gasteiger partial charge in [-0.3, -0.25) is 0 Å². The standard InChI is InChI=1S/C16H31NO3/c1-4-19-15-9-14(16(15,2)3)17-10-12(18)11-20-13-7-5-6-8-13/h12-15,17-18H,4-11H2,1-3H3. The number of nitrogens with one attached hydrogen (secondary N) is 1. The van der Waals surface area contributed by atoms with Crippen LogP contribution in [0.1, 0.15) is 52.9 Å². The van der Waals surface area contributed by atoms with Crippen molar-refractivity contribution in [2.75, 3.05) is 19.8 Å². The molecule has 0 radical (unpaired) electrons. The van der Waals surface area contributed by atoms with Crippen molar-refractivity contribution in [3.05, 3.63) is 0 Å². The van der Waals surface area contributed by atoms with Crippen molar-refractivity contribution >= 4 is 0 Å². The van der Waals surface area contributed by atoms with E-state index >= 15 is 0 Å². The lowest BCUT2D eigenvalue weighted by molar-refractivity contribution is -0.116. The van der Waals surface area contributed by atoms with E-state index in [1.807, 2.05) is 6.92 Å². The first-order valence-electron chi connectivity index (χ1n) is 8.18. The Morgan fingerprint density at radius 2 is 1.95 bits per heavy atom. The summed E-state index contributed by atoms with van der Waals surface area (Å²) >= 11 is 0. The van der Waals surface area contributed by atoms with Gasteiger partial charge in [-0.05, 0) is 26.2 Å². The quantitative estimate of drug-likeness (QED) is 0.717. The van der Waals surface area contributed by atoms with Crippen LogP contribution >= 0.6 is 0 Å². The zero-order valence-electron chi connectivity index (χ0n) is 13.2. The lowest BCUT2D eigenvalue weighted by Crippen LogP contribution is -2.61. The van der Waals surface area contributed by atoms with Crippen LogP contribution in [0.2, 0.25) is 0 Å². The van der Waals surface area contributed by atoms with Crippen LogP contribution in [0.25, 0.3) is 0 Å². The van der Waals surface area contributed by atoms with Gasteiger partial charge in [0.25, 0.3) is 0 Å². The summed E-state index contributed by atoms with van der Waals surface area (Å²) in [6.45, 7) is 8.35. The topological polar surface area (TPSA) is 50.7 Å². The monoisotopic (exact) mass is 285 g/mol. The average molecular weight is 285 g/mol. The first-order valence-corrected chi connectivity index (χ1v) is 8.18. The van der Waals surface area contributed by atoms with Gasteiger partial charge in [0.2, 0.25) is 0 Å². The summed E-state index contributed by atoms with van der Waals surface area (Å²) in [7, 11) is 0. The van der Waals surface area contributed by atoms with Crippen LogP contribution in [0.3, 0.4) is 0 Å². The average Bonchev–Trinajstić information content (AvgIpc) is 2.93. The van der Waals surface area contributed by atoms with Gasteiger partial charge in [-0.15, -0.1) is 0 Å². The smallest absolute Gasteiger partial charge is 0.0897 e. The lowest BCUT2D eigenvalue weighted by Gasteiger charge is -2.52. The van der Waals surface area contributed by atoms with E-state index in [0.717, 1.165) is 25.9 Å². The van der Waals surface area contributed by atoms with Gasteiger partial charge in [0, 0.05) is 24.6 Å². The molecule has 4 heteroatoms. The molecule has 118 valence electrons. The molecular weight excluding hydrogens is 254 g/mol. The number of aliphatic hydroxyl groups is 1. The maximum Gasteiger partial charge on any atom is 0.0897 e. The SMILES string of the molecule is CCOC1CC(NCC(O)COC2CCCC2)C1(C)C. The summed E-state index contributed by atoms with van der Waals surface area (Å²) in [6.07, 6.45) is 6.22. The summed E-state index contributed by atoms with van der Waals surface area (Å²) in [4.78, 5) is 0. The maximum atomic E-state index is 10.00. The molecule has 2 saturated carbocycles. The van der Waals surface area contributed by atoms with E-state index in [2.05, 4.69) is 19.2 Å². The Bertz CT molecular complexity index is 289. The van der Waals surface area contributed by atoms with Crippen LogP contribution < -0.4 is 5.32 Å². The molecule has 3 unspecified atom stereocenters. The second-order valence-corrected chi connectivity index (χ2v) is 6.86. The third-order valence-corrected chi connectivity index (χ3v) is 4.97. The Kier molecular flexibility index (Phi) is 5.84. The van der Waals surface area contributed by atoms with Gasteiger partial charge >= 0.3 is 0 Å². The molecule has 0 aromatic carbocycles. The molecule has 0 bridgehead atoms. The lowest BCUT2D eigenvalue weighted by atomic mass is 9.64. The van der Waals surface area contributed by atoms with Crippen molar-refractivity contribution in [3.63, 3.8) is 0 Å². The van der Waals surface area contributed by atoms with E-state index in [1.54, 1.807) is 0 Å². The molecular formula is C16H31NO3. The van der Waals surface area contributed by atoms with Gasteiger partial charge in [0.05, 0.1) is 24.9 Å². The second kappa shape index (κ2) is 7.21. The fraction of sp³-hybridized carbons (Fsp3) is 1.00. The van der Waals surface area contributed by atoms with E-state index in [1.165, 1.54) is 12.8 Å². The molecule has 4 nitrogen and oxygen atoms in total. The zero-order valence-corrected chi connectivity index (χ0v) is 13.2. The number of hydrogen-bond acceptors (Lipinski definition) is 4. The van der Waals surface area contributed by atoms with Crippen molar-refractivity contribution in [2.24, 2.45) is 5.41 Å². The summed E-state index contributed by atoms with van der Waals surface area (Å²) in [6, 6.07) is 0.431. The van der Waals surface area contributed by atoms with Crippen LogP contribution in [-0.4, -0.2) is 49.2 Å². The highest BCUT2D eigenvalue weighted by Gasteiger charge is 2.48. The third-order valence-electron chi connectivity index (χ3n) is 4.97. The Balaban J connectivity index is 1.60. The second-order valence-electron chi connectivity index (χ2n) is 6.86. The molecule has 0 aromatic rings. The minimum Gasteiger partial charge on any atom is -0.389 e. The summed E-state index contributed by atoms with van der Waals surface area (Å²) < 4.78 is 11.5. The predicted molar refractivity (Wildman–Crippen MR) is 79.8 cm³/mol. The summed E-state index contributed by atoms with van der Waals surface area (Å²) in [5.74, 6) is 0. The molecule has 2 aliphatic carbocycles. The minimum atomic E-state index is -0.405. The first kappa shape index (κ1) is 16.2. The van der Waals surface area contributed by atoms with Crippen LogP contribution in [0.5, 0.6) is 0 Å². The molecule has 0 amide bonds. The van der Waals surface area contributed by atoms with Gasteiger partial charge < -0.3 is 19.9 Å². The Morgan fingerprint density at radius 3 is 2.55 bits per heavy atom. The molecule has 0 saturated heterocycles. The summed E-state index contributed by atoms with van der Waals surface area (Å²) in [5, 5.41) is 13.5. The normalized spacial score (nSPS) is 31.2. The van der Waals surface area contributed by atoms with Crippen LogP contribution in [0.15, 0.2) is 0 Å². The van der Waals surface area contributed by atoms with E-state index in [4.69, 9.17) is 9.47 Å². The molecule has 2 fully saturated rings. The fourth-order valence-corrected chi connectivity index (χ4v) is 3.36. The van der Waals surface area contributed by atoms with Crippen LogP contribution in [-0.2, 0) is 9.47 Å². The van der Waals surface area contributed by atoms with Crippen molar-refractivity contribution in [1.29, 1.82) is 0 Å². The number of rotatable bonds is 8. The van der Waals surface area contributed by atoms with Gasteiger partial charge in [0.1, 0.15) is 0 Å². The van der Waals surface area contributed by atoms with Gasteiger partial charge in [-0.2, -0.15) is 0 Å².